The number of hydrogen-bond acceptors (Lipinski definition) is 8. The topological polar surface area (TPSA) is 124 Å². The lowest BCUT2D eigenvalue weighted by Gasteiger charge is -2.28. The van der Waals surface area contributed by atoms with E-state index in [4.69, 9.17) is 9.47 Å². The monoisotopic (exact) mass is 503 g/mol. The number of benzene rings is 2. The molecule has 3 heterocycles. The van der Waals surface area contributed by atoms with Crippen LogP contribution in [0.1, 0.15) is 29.7 Å². The van der Waals surface area contributed by atoms with Crippen LogP contribution in [0, 0.1) is 13.8 Å². The highest BCUT2D eigenvalue weighted by molar-refractivity contribution is 6.06. The molecule has 11 heteroatoms. The summed E-state index contributed by atoms with van der Waals surface area (Å²) >= 11 is 0. The summed E-state index contributed by atoms with van der Waals surface area (Å²) in [7, 11) is 0. The van der Waals surface area contributed by atoms with Crippen LogP contribution in [0.4, 0.5) is 11.6 Å². The van der Waals surface area contributed by atoms with Crippen LogP contribution >= 0.6 is 0 Å². The number of carbonyl (C=O) groups excluding carboxylic acids is 2. The maximum absolute atomic E-state index is 13.6. The Hall–Kier alpha value is -4.25. The number of aromatic nitrogens is 4. The van der Waals surface area contributed by atoms with Gasteiger partial charge in [-0.05, 0) is 66.1 Å². The summed E-state index contributed by atoms with van der Waals surface area (Å²) in [6.07, 6.45) is 0. The average Bonchev–Trinajstić information content (AvgIpc) is 3.38. The third-order valence-corrected chi connectivity index (χ3v) is 6.73. The molecule has 5 rings (SSSR count). The number of ether oxygens (including phenoxy) is 2. The van der Waals surface area contributed by atoms with Gasteiger partial charge in [-0.1, -0.05) is 29.4 Å². The van der Waals surface area contributed by atoms with Crippen molar-refractivity contribution in [2.75, 3.05) is 43.5 Å². The molecule has 2 amide bonds. The second kappa shape index (κ2) is 10.4. The van der Waals surface area contributed by atoms with E-state index in [1.807, 2.05) is 51.1 Å². The molecule has 2 N–H and O–H groups in total. The van der Waals surface area contributed by atoms with Crippen molar-refractivity contribution < 1.29 is 19.1 Å². The molecule has 1 saturated heterocycles. The number of allylic oxidation sites excluding steroid dienone is 1. The highest BCUT2D eigenvalue weighted by atomic mass is 16.5. The molecule has 2 aliphatic rings. The number of nitrogens with one attached hydrogen (secondary N) is 2. The van der Waals surface area contributed by atoms with Gasteiger partial charge < -0.3 is 25.0 Å². The van der Waals surface area contributed by atoms with Crippen LogP contribution in [0.25, 0.3) is 0 Å². The summed E-state index contributed by atoms with van der Waals surface area (Å²) in [5.74, 6) is 0.676. The Morgan fingerprint density at radius 2 is 1.86 bits per heavy atom. The van der Waals surface area contributed by atoms with Gasteiger partial charge in [0.2, 0.25) is 5.95 Å². The van der Waals surface area contributed by atoms with Gasteiger partial charge >= 0.3 is 0 Å². The molecule has 0 saturated carbocycles. The van der Waals surface area contributed by atoms with E-state index in [2.05, 4.69) is 26.2 Å². The van der Waals surface area contributed by atoms with Crippen LogP contribution < -0.4 is 15.4 Å². The van der Waals surface area contributed by atoms with Crippen molar-refractivity contribution in [2.24, 2.45) is 0 Å². The van der Waals surface area contributed by atoms with Gasteiger partial charge in [0.15, 0.2) is 6.61 Å². The van der Waals surface area contributed by atoms with Gasteiger partial charge in [0.1, 0.15) is 11.8 Å². The molecule has 3 aromatic rings. The maximum atomic E-state index is 13.6. The number of morpholine rings is 1. The van der Waals surface area contributed by atoms with Crippen LogP contribution in [0.2, 0.25) is 0 Å². The number of rotatable bonds is 6. The zero-order chi connectivity index (χ0) is 25.9. The van der Waals surface area contributed by atoms with E-state index >= 15 is 0 Å². The van der Waals surface area contributed by atoms with E-state index in [0.29, 0.717) is 49.3 Å². The average molecular weight is 504 g/mol. The minimum Gasteiger partial charge on any atom is -0.484 e. The number of hydrogen-bond donors (Lipinski definition) is 2. The van der Waals surface area contributed by atoms with Crippen molar-refractivity contribution in [1.29, 1.82) is 0 Å². The molecule has 1 aromatic heterocycles. The first kappa shape index (κ1) is 24.4. The van der Waals surface area contributed by atoms with Gasteiger partial charge in [0.25, 0.3) is 11.8 Å². The maximum Gasteiger partial charge on any atom is 0.260 e. The minimum atomic E-state index is -0.555. The van der Waals surface area contributed by atoms with Gasteiger partial charge in [-0.2, -0.15) is 4.68 Å². The smallest absolute Gasteiger partial charge is 0.260 e. The van der Waals surface area contributed by atoms with Crippen molar-refractivity contribution in [3.63, 3.8) is 0 Å². The minimum absolute atomic E-state index is 0.0493. The largest absolute Gasteiger partial charge is 0.484 e. The summed E-state index contributed by atoms with van der Waals surface area (Å²) < 4.78 is 12.6. The second-order valence-electron chi connectivity index (χ2n) is 9.07. The molecule has 0 aliphatic carbocycles. The first-order chi connectivity index (χ1) is 17.9. The molecule has 2 aliphatic heterocycles. The fourth-order valence-corrected chi connectivity index (χ4v) is 4.49. The Bertz CT molecular complexity index is 1340. The standard InChI is InChI=1S/C26H29N7O4/c1-16-5-4-6-21(17(16)2)28-25(35)23-18(3)27-26-29-30-31-33(26)24(23)19-7-9-20(10-8-19)37-15-22(34)32-11-13-36-14-12-32/h4-10,24H,11-15H2,1-3H3,(H,28,35)(H,27,29,31). The van der Waals surface area contributed by atoms with Crippen LogP contribution in [0.5, 0.6) is 5.75 Å². The number of fused-ring (bicyclic) bond motifs is 1. The number of carbonyl (C=O) groups is 2. The van der Waals surface area contributed by atoms with Crippen molar-refractivity contribution in [1.82, 2.24) is 25.1 Å². The lowest BCUT2D eigenvalue weighted by atomic mass is 9.94. The molecular formula is C26H29N7O4. The molecule has 11 nitrogen and oxygen atoms in total. The highest BCUT2D eigenvalue weighted by Crippen LogP contribution is 2.35. The fourth-order valence-electron chi connectivity index (χ4n) is 4.49. The molecule has 0 bridgehead atoms. The van der Waals surface area contributed by atoms with Crippen LogP contribution in [0.15, 0.2) is 53.7 Å². The number of amides is 2. The Labute approximate surface area is 214 Å². The van der Waals surface area contributed by atoms with E-state index in [9.17, 15) is 9.59 Å². The van der Waals surface area contributed by atoms with Crippen LogP contribution in [-0.2, 0) is 14.3 Å². The zero-order valence-corrected chi connectivity index (χ0v) is 21.0. The number of anilines is 2. The molecule has 1 unspecified atom stereocenters. The first-order valence-electron chi connectivity index (χ1n) is 12.1. The highest BCUT2D eigenvalue weighted by Gasteiger charge is 2.34. The second-order valence-corrected chi connectivity index (χ2v) is 9.07. The first-order valence-corrected chi connectivity index (χ1v) is 12.1. The molecule has 37 heavy (non-hydrogen) atoms. The predicted molar refractivity (Wildman–Crippen MR) is 136 cm³/mol. The quantitative estimate of drug-likeness (QED) is 0.526. The molecule has 0 radical (unpaired) electrons. The number of nitrogens with zero attached hydrogens (tertiary/aromatic N) is 5. The van der Waals surface area contributed by atoms with Crippen molar-refractivity contribution in [3.05, 3.63) is 70.4 Å². The van der Waals surface area contributed by atoms with E-state index in [0.717, 1.165) is 22.4 Å². The zero-order valence-electron chi connectivity index (χ0n) is 21.0. The third-order valence-electron chi connectivity index (χ3n) is 6.73. The predicted octanol–water partition coefficient (Wildman–Crippen LogP) is 2.46. The number of aryl methyl sites for hydroxylation is 1. The summed E-state index contributed by atoms with van der Waals surface area (Å²) in [6, 6.07) is 12.5. The summed E-state index contributed by atoms with van der Waals surface area (Å²) in [4.78, 5) is 27.7. The lowest BCUT2D eigenvalue weighted by molar-refractivity contribution is -0.137. The molecule has 1 fully saturated rings. The summed E-state index contributed by atoms with van der Waals surface area (Å²) in [5.41, 5.74) is 4.80. The van der Waals surface area contributed by atoms with Crippen LogP contribution in [-0.4, -0.2) is 69.8 Å². The van der Waals surface area contributed by atoms with Gasteiger partial charge in [-0.15, -0.1) is 0 Å². The van der Waals surface area contributed by atoms with E-state index in [1.165, 1.54) is 0 Å². The Morgan fingerprint density at radius 1 is 1.11 bits per heavy atom. The van der Waals surface area contributed by atoms with Gasteiger partial charge in [-0.3, -0.25) is 9.59 Å². The Balaban J connectivity index is 1.37. The molecule has 0 spiro atoms. The normalized spacial score (nSPS) is 17.2. The molecule has 192 valence electrons. The van der Waals surface area contributed by atoms with E-state index in [1.54, 1.807) is 21.7 Å². The van der Waals surface area contributed by atoms with Gasteiger partial charge in [0.05, 0.1) is 18.8 Å². The lowest BCUT2D eigenvalue weighted by Crippen LogP contribution is -2.42. The summed E-state index contributed by atoms with van der Waals surface area (Å²) in [6.45, 7) is 8.00. The summed E-state index contributed by atoms with van der Waals surface area (Å²) in [5, 5.41) is 18.2. The van der Waals surface area contributed by atoms with Crippen molar-refractivity contribution in [3.8, 4) is 5.75 Å². The Kier molecular flexibility index (Phi) is 6.87. The van der Waals surface area contributed by atoms with Gasteiger partial charge in [0, 0.05) is 24.5 Å². The Morgan fingerprint density at radius 3 is 2.62 bits per heavy atom. The van der Waals surface area contributed by atoms with Crippen molar-refractivity contribution in [2.45, 2.75) is 26.8 Å². The molecular weight excluding hydrogens is 474 g/mol. The van der Waals surface area contributed by atoms with E-state index in [-0.39, 0.29) is 18.4 Å². The van der Waals surface area contributed by atoms with Gasteiger partial charge in [-0.25, -0.2) is 0 Å². The van der Waals surface area contributed by atoms with Crippen molar-refractivity contribution >= 4 is 23.5 Å². The third kappa shape index (κ3) is 5.03. The molecule has 1 atom stereocenters. The molecule has 2 aromatic carbocycles. The SMILES string of the molecule is CC1=C(C(=O)Nc2cccc(C)c2C)C(c2ccc(OCC(=O)N3CCOCC3)cc2)n2nnnc2N1. The number of tetrazole rings is 1. The van der Waals surface area contributed by atoms with E-state index < -0.39 is 6.04 Å². The van der Waals surface area contributed by atoms with Crippen LogP contribution in [0.3, 0.4) is 0 Å². The fraction of sp³-hybridized carbons (Fsp3) is 0.346.